The van der Waals surface area contributed by atoms with E-state index in [4.69, 9.17) is 10.5 Å². The molecule has 0 aliphatic carbocycles. The van der Waals surface area contributed by atoms with Crippen LogP contribution in [0.25, 0.3) is 0 Å². The van der Waals surface area contributed by atoms with Crippen molar-refractivity contribution in [2.75, 3.05) is 31.3 Å². The number of methoxy groups -OCH3 is 1. The highest BCUT2D eigenvalue weighted by atomic mass is 16.5. The predicted octanol–water partition coefficient (Wildman–Crippen LogP) is 2.15. The van der Waals surface area contributed by atoms with Crippen LogP contribution in [0.3, 0.4) is 0 Å². The molecule has 4 nitrogen and oxygen atoms in total. The summed E-state index contributed by atoms with van der Waals surface area (Å²) < 4.78 is 5.09. The van der Waals surface area contributed by atoms with Gasteiger partial charge in [-0.3, -0.25) is 0 Å². The Bertz CT molecular complexity index is 339. The van der Waals surface area contributed by atoms with Crippen LogP contribution in [-0.2, 0) is 0 Å². The van der Waals surface area contributed by atoms with Gasteiger partial charge in [0.05, 0.1) is 12.8 Å². The zero-order chi connectivity index (χ0) is 12.1. The van der Waals surface area contributed by atoms with Crippen LogP contribution in [0.1, 0.15) is 20.3 Å². The molecule has 90 valence electrons. The fourth-order valence-corrected chi connectivity index (χ4v) is 1.42. The van der Waals surface area contributed by atoms with Crippen molar-refractivity contribution in [1.82, 2.24) is 4.98 Å². The standard InChI is InChI=1S/C12H21N3O/c1-9(2)7-8-15(3)12-10(13)5-6-11(14-12)16-4/h5-6,9H,7-8,13H2,1-4H3. The molecule has 16 heavy (non-hydrogen) atoms. The van der Waals surface area contributed by atoms with Gasteiger partial charge < -0.3 is 15.4 Å². The second-order valence-corrected chi connectivity index (χ2v) is 4.37. The van der Waals surface area contributed by atoms with Crippen LogP contribution in [0, 0.1) is 5.92 Å². The number of anilines is 2. The average molecular weight is 223 g/mol. The Morgan fingerprint density at radius 1 is 1.44 bits per heavy atom. The molecule has 1 aromatic heterocycles. The van der Waals surface area contributed by atoms with E-state index in [0.29, 0.717) is 17.5 Å². The van der Waals surface area contributed by atoms with E-state index in [2.05, 4.69) is 23.7 Å². The summed E-state index contributed by atoms with van der Waals surface area (Å²) in [5.41, 5.74) is 6.58. The topological polar surface area (TPSA) is 51.4 Å². The lowest BCUT2D eigenvalue weighted by Gasteiger charge is -2.21. The van der Waals surface area contributed by atoms with E-state index >= 15 is 0 Å². The maximum absolute atomic E-state index is 5.89. The third kappa shape index (κ3) is 3.29. The summed E-state index contributed by atoms with van der Waals surface area (Å²) in [7, 11) is 3.61. The van der Waals surface area contributed by atoms with Gasteiger partial charge >= 0.3 is 0 Å². The highest BCUT2D eigenvalue weighted by molar-refractivity contribution is 5.63. The summed E-state index contributed by atoms with van der Waals surface area (Å²) >= 11 is 0. The first-order chi connectivity index (χ1) is 7.54. The molecule has 0 saturated heterocycles. The zero-order valence-electron chi connectivity index (χ0n) is 10.5. The number of rotatable bonds is 5. The predicted molar refractivity (Wildman–Crippen MR) is 67.9 cm³/mol. The highest BCUT2D eigenvalue weighted by Crippen LogP contribution is 2.23. The van der Waals surface area contributed by atoms with Crippen molar-refractivity contribution < 1.29 is 4.74 Å². The van der Waals surface area contributed by atoms with Crippen LogP contribution in [0.4, 0.5) is 11.5 Å². The smallest absolute Gasteiger partial charge is 0.215 e. The van der Waals surface area contributed by atoms with E-state index in [9.17, 15) is 0 Å². The maximum Gasteiger partial charge on any atom is 0.215 e. The van der Waals surface area contributed by atoms with Gasteiger partial charge in [-0.2, -0.15) is 4.98 Å². The maximum atomic E-state index is 5.89. The monoisotopic (exact) mass is 223 g/mol. The molecule has 0 aliphatic rings. The summed E-state index contributed by atoms with van der Waals surface area (Å²) in [4.78, 5) is 6.41. The Morgan fingerprint density at radius 3 is 2.69 bits per heavy atom. The quantitative estimate of drug-likeness (QED) is 0.831. The number of hydrogen-bond donors (Lipinski definition) is 1. The van der Waals surface area contributed by atoms with E-state index < -0.39 is 0 Å². The minimum absolute atomic E-state index is 0.598. The lowest BCUT2D eigenvalue weighted by molar-refractivity contribution is 0.398. The number of pyridine rings is 1. The Morgan fingerprint density at radius 2 is 2.12 bits per heavy atom. The minimum atomic E-state index is 0.598. The van der Waals surface area contributed by atoms with Gasteiger partial charge in [0.15, 0.2) is 5.82 Å². The second-order valence-electron chi connectivity index (χ2n) is 4.37. The fraction of sp³-hybridized carbons (Fsp3) is 0.583. The van der Waals surface area contributed by atoms with Gasteiger partial charge in [0.2, 0.25) is 5.88 Å². The molecule has 0 fully saturated rings. The third-order valence-electron chi connectivity index (χ3n) is 2.49. The number of ether oxygens (including phenoxy) is 1. The van der Waals surface area contributed by atoms with Crippen molar-refractivity contribution >= 4 is 11.5 Å². The number of aromatic nitrogens is 1. The van der Waals surface area contributed by atoms with Crippen LogP contribution in [0.15, 0.2) is 12.1 Å². The van der Waals surface area contributed by atoms with E-state index in [0.717, 1.165) is 18.8 Å². The molecule has 1 aromatic rings. The van der Waals surface area contributed by atoms with Crippen molar-refractivity contribution in [3.63, 3.8) is 0 Å². The van der Waals surface area contributed by atoms with Crippen molar-refractivity contribution in [1.29, 1.82) is 0 Å². The van der Waals surface area contributed by atoms with Crippen LogP contribution < -0.4 is 15.4 Å². The second kappa shape index (κ2) is 5.58. The van der Waals surface area contributed by atoms with E-state index in [-0.39, 0.29) is 0 Å². The van der Waals surface area contributed by atoms with Crippen LogP contribution in [0.5, 0.6) is 5.88 Å². The molecule has 2 N–H and O–H groups in total. The van der Waals surface area contributed by atoms with Gasteiger partial charge in [-0.25, -0.2) is 0 Å². The van der Waals surface area contributed by atoms with E-state index in [1.807, 2.05) is 13.1 Å². The summed E-state index contributed by atoms with van der Waals surface area (Å²) in [6.07, 6.45) is 1.12. The largest absolute Gasteiger partial charge is 0.481 e. The Kier molecular flexibility index (Phi) is 4.40. The van der Waals surface area contributed by atoms with Crippen molar-refractivity contribution in [2.24, 2.45) is 5.92 Å². The SMILES string of the molecule is COc1ccc(N)c(N(C)CCC(C)C)n1. The molecule has 1 rings (SSSR count). The Hall–Kier alpha value is -1.45. The molecule has 0 bridgehead atoms. The van der Waals surface area contributed by atoms with E-state index in [1.165, 1.54) is 0 Å². The number of nitrogen functional groups attached to an aromatic ring is 1. The normalized spacial score (nSPS) is 10.6. The fourth-order valence-electron chi connectivity index (χ4n) is 1.42. The molecule has 0 unspecified atom stereocenters. The molecule has 0 aromatic carbocycles. The first-order valence-corrected chi connectivity index (χ1v) is 5.56. The van der Waals surface area contributed by atoms with Gasteiger partial charge in [0.1, 0.15) is 0 Å². The average Bonchev–Trinajstić information content (AvgIpc) is 2.26. The molecule has 0 saturated carbocycles. The summed E-state index contributed by atoms with van der Waals surface area (Å²) in [5.74, 6) is 2.06. The van der Waals surface area contributed by atoms with Gasteiger partial charge in [0.25, 0.3) is 0 Å². The van der Waals surface area contributed by atoms with Gasteiger partial charge in [-0.15, -0.1) is 0 Å². The van der Waals surface area contributed by atoms with Gasteiger partial charge in [-0.05, 0) is 18.4 Å². The van der Waals surface area contributed by atoms with Crippen LogP contribution in [0.2, 0.25) is 0 Å². The first kappa shape index (κ1) is 12.6. The van der Waals surface area contributed by atoms with E-state index in [1.54, 1.807) is 13.2 Å². The number of nitrogens with two attached hydrogens (primary N) is 1. The van der Waals surface area contributed by atoms with Gasteiger partial charge in [0, 0.05) is 19.7 Å². The highest BCUT2D eigenvalue weighted by Gasteiger charge is 2.09. The molecular weight excluding hydrogens is 202 g/mol. The molecule has 0 atom stereocenters. The lowest BCUT2D eigenvalue weighted by Crippen LogP contribution is -2.22. The number of hydrogen-bond acceptors (Lipinski definition) is 4. The molecular formula is C12H21N3O. The van der Waals surface area contributed by atoms with Crippen LogP contribution >= 0.6 is 0 Å². The molecule has 0 spiro atoms. The van der Waals surface area contributed by atoms with Crippen molar-refractivity contribution in [2.45, 2.75) is 20.3 Å². The van der Waals surface area contributed by atoms with Crippen molar-refractivity contribution in [3.8, 4) is 5.88 Å². The zero-order valence-corrected chi connectivity index (χ0v) is 10.5. The molecule has 1 heterocycles. The summed E-state index contributed by atoms with van der Waals surface area (Å²) in [6, 6.07) is 3.60. The molecule has 0 aliphatic heterocycles. The van der Waals surface area contributed by atoms with Crippen LogP contribution in [-0.4, -0.2) is 25.7 Å². The van der Waals surface area contributed by atoms with Crippen molar-refractivity contribution in [3.05, 3.63) is 12.1 Å². The summed E-state index contributed by atoms with van der Waals surface area (Å²) in [6.45, 7) is 5.36. The molecule has 0 radical (unpaired) electrons. The van der Waals surface area contributed by atoms with Gasteiger partial charge in [-0.1, -0.05) is 13.8 Å². The molecule has 0 amide bonds. The molecule has 4 heteroatoms. The Balaban J connectivity index is 2.76. The lowest BCUT2D eigenvalue weighted by atomic mass is 10.1. The first-order valence-electron chi connectivity index (χ1n) is 5.56. The number of nitrogens with zero attached hydrogens (tertiary/aromatic N) is 2. The Labute approximate surface area is 97.4 Å². The summed E-state index contributed by atoms with van der Waals surface area (Å²) in [5, 5.41) is 0. The third-order valence-corrected chi connectivity index (χ3v) is 2.49. The minimum Gasteiger partial charge on any atom is -0.481 e.